The standard InChI is InChI=1S/C9H9NO/c10-8-5-6-11-9-4-2-1-3-7(8)9/h1-5H,6,10H2. The van der Waals surface area contributed by atoms with Gasteiger partial charge >= 0.3 is 0 Å². The Kier molecular flexibility index (Phi) is 1.32. The highest BCUT2D eigenvalue weighted by atomic mass is 16.5. The van der Waals surface area contributed by atoms with Crippen molar-refractivity contribution in [2.24, 2.45) is 5.73 Å². The van der Waals surface area contributed by atoms with Gasteiger partial charge in [0.25, 0.3) is 0 Å². The Morgan fingerprint density at radius 1 is 1.27 bits per heavy atom. The summed E-state index contributed by atoms with van der Waals surface area (Å²) < 4.78 is 5.34. The van der Waals surface area contributed by atoms with E-state index in [1.54, 1.807) is 0 Å². The maximum absolute atomic E-state index is 5.73. The summed E-state index contributed by atoms with van der Waals surface area (Å²) in [6, 6.07) is 7.78. The van der Waals surface area contributed by atoms with Crippen LogP contribution in [0.1, 0.15) is 5.56 Å². The third-order valence-electron chi connectivity index (χ3n) is 1.74. The van der Waals surface area contributed by atoms with E-state index < -0.39 is 0 Å². The van der Waals surface area contributed by atoms with Crippen molar-refractivity contribution in [1.82, 2.24) is 0 Å². The van der Waals surface area contributed by atoms with Gasteiger partial charge in [-0.15, -0.1) is 0 Å². The molecule has 1 aromatic rings. The van der Waals surface area contributed by atoms with Crippen molar-refractivity contribution in [3.63, 3.8) is 0 Å². The minimum absolute atomic E-state index is 0.586. The average molecular weight is 147 g/mol. The second-order valence-corrected chi connectivity index (χ2v) is 2.47. The van der Waals surface area contributed by atoms with E-state index in [4.69, 9.17) is 10.5 Å². The molecule has 0 saturated carbocycles. The second kappa shape index (κ2) is 2.31. The minimum Gasteiger partial charge on any atom is -0.489 e. The summed E-state index contributed by atoms with van der Waals surface area (Å²) in [5.74, 6) is 0.882. The lowest BCUT2D eigenvalue weighted by molar-refractivity contribution is 0.357. The van der Waals surface area contributed by atoms with Gasteiger partial charge in [-0.1, -0.05) is 12.1 Å². The fourth-order valence-corrected chi connectivity index (χ4v) is 1.16. The number of benzene rings is 1. The fraction of sp³-hybridized carbons (Fsp3) is 0.111. The molecule has 0 unspecified atom stereocenters. The smallest absolute Gasteiger partial charge is 0.129 e. The number of nitrogens with two attached hydrogens (primary N) is 1. The van der Waals surface area contributed by atoms with Crippen molar-refractivity contribution < 1.29 is 4.74 Å². The van der Waals surface area contributed by atoms with Crippen LogP contribution in [0.25, 0.3) is 5.70 Å². The van der Waals surface area contributed by atoms with Gasteiger partial charge in [0.05, 0.1) is 0 Å². The summed E-state index contributed by atoms with van der Waals surface area (Å²) in [7, 11) is 0. The van der Waals surface area contributed by atoms with E-state index in [1.807, 2.05) is 30.3 Å². The second-order valence-electron chi connectivity index (χ2n) is 2.47. The molecule has 0 spiro atoms. The van der Waals surface area contributed by atoms with Gasteiger partial charge in [0, 0.05) is 11.3 Å². The van der Waals surface area contributed by atoms with Gasteiger partial charge in [0.15, 0.2) is 0 Å². The molecule has 2 nitrogen and oxygen atoms in total. The first-order chi connectivity index (χ1) is 5.38. The minimum atomic E-state index is 0.586. The molecule has 11 heavy (non-hydrogen) atoms. The SMILES string of the molecule is NC1=CCOc2ccccc21. The summed E-state index contributed by atoms with van der Waals surface area (Å²) in [5.41, 5.74) is 7.54. The van der Waals surface area contributed by atoms with E-state index in [0.29, 0.717) is 6.61 Å². The Morgan fingerprint density at radius 2 is 2.09 bits per heavy atom. The molecule has 0 fully saturated rings. The van der Waals surface area contributed by atoms with Gasteiger partial charge in [-0.05, 0) is 18.2 Å². The third-order valence-corrected chi connectivity index (χ3v) is 1.74. The molecule has 0 aliphatic carbocycles. The molecular formula is C9H9NO. The zero-order valence-corrected chi connectivity index (χ0v) is 6.08. The predicted molar refractivity (Wildman–Crippen MR) is 44.1 cm³/mol. The van der Waals surface area contributed by atoms with E-state index in [9.17, 15) is 0 Å². The Morgan fingerprint density at radius 3 is 2.91 bits per heavy atom. The predicted octanol–water partition coefficient (Wildman–Crippen LogP) is 1.38. The van der Waals surface area contributed by atoms with Crippen LogP contribution in [-0.4, -0.2) is 6.61 Å². The topological polar surface area (TPSA) is 35.2 Å². The van der Waals surface area contributed by atoms with Crippen LogP contribution in [-0.2, 0) is 0 Å². The zero-order valence-electron chi connectivity index (χ0n) is 6.08. The van der Waals surface area contributed by atoms with Crippen LogP contribution in [0, 0.1) is 0 Å². The normalized spacial score (nSPS) is 14.7. The molecule has 0 bridgehead atoms. The van der Waals surface area contributed by atoms with Crippen molar-refractivity contribution in [1.29, 1.82) is 0 Å². The van der Waals surface area contributed by atoms with Crippen LogP contribution in [0.2, 0.25) is 0 Å². The Balaban J connectivity index is 2.56. The molecule has 1 heterocycles. The van der Waals surface area contributed by atoms with E-state index in [2.05, 4.69) is 0 Å². The van der Waals surface area contributed by atoms with Crippen LogP contribution >= 0.6 is 0 Å². The third kappa shape index (κ3) is 0.963. The van der Waals surface area contributed by atoms with Gasteiger partial charge < -0.3 is 10.5 Å². The van der Waals surface area contributed by atoms with Crippen LogP contribution in [0.3, 0.4) is 0 Å². The molecule has 56 valence electrons. The van der Waals surface area contributed by atoms with Crippen molar-refractivity contribution in [3.8, 4) is 5.75 Å². The van der Waals surface area contributed by atoms with Gasteiger partial charge in [-0.2, -0.15) is 0 Å². The lowest BCUT2D eigenvalue weighted by Crippen LogP contribution is -2.08. The summed E-state index contributed by atoms with van der Waals surface area (Å²) in [5, 5.41) is 0. The van der Waals surface area contributed by atoms with Crippen LogP contribution in [0.5, 0.6) is 5.75 Å². The van der Waals surface area contributed by atoms with Crippen LogP contribution in [0.4, 0.5) is 0 Å². The molecule has 1 aliphatic heterocycles. The molecule has 0 saturated heterocycles. The van der Waals surface area contributed by atoms with Crippen molar-refractivity contribution in [2.75, 3.05) is 6.61 Å². The number of rotatable bonds is 0. The van der Waals surface area contributed by atoms with E-state index in [-0.39, 0.29) is 0 Å². The molecule has 0 amide bonds. The lowest BCUT2D eigenvalue weighted by Gasteiger charge is -2.14. The highest BCUT2D eigenvalue weighted by Crippen LogP contribution is 2.25. The Bertz CT molecular complexity index is 304. The average Bonchev–Trinajstić information content (AvgIpc) is 2.06. The number of fused-ring (bicyclic) bond motifs is 1. The zero-order chi connectivity index (χ0) is 7.68. The molecule has 2 rings (SSSR count). The van der Waals surface area contributed by atoms with Crippen molar-refractivity contribution in [2.45, 2.75) is 0 Å². The maximum Gasteiger partial charge on any atom is 0.129 e. The van der Waals surface area contributed by atoms with E-state index in [0.717, 1.165) is 17.0 Å². The molecule has 2 heteroatoms. The number of ether oxygens (including phenoxy) is 1. The lowest BCUT2D eigenvalue weighted by atomic mass is 10.1. The highest BCUT2D eigenvalue weighted by molar-refractivity contribution is 5.69. The maximum atomic E-state index is 5.73. The summed E-state index contributed by atoms with van der Waals surface area (Å²) in [6.45, 7) is 0.586. The van der Waals surface area contributed by atoms with Gasteiger partial charge in [0.1, 0.15) is 12.4 Å². The first kappa shape index (κ1) is 6.28. The van der Waals surface area contributed by atoms with E-state index in [1.165, 1.54) is 0 Å². The van der Waals surface area contributed by atoms with Crippen LogP contribution < -0.4 is 10.5 Å². The Labute approximate surface area is 65.3 Å². The van der Waals surface area contributed by atoms with E-state index >= 15 is 0 Å². The quantitative estimate of drug-likeness (QED) is 0.601. The molecular weight excluding hydrogens is 138 g/mol. The Hall–Kier alpha value is -1.44. The molecule has 2 N–H and O–H groups in total. The number of hydrogen-bond donors (Lipinski definition) is 1. The molecule has 0 radical (unpaired) electrons. The van der Waals surface area contributed by atoms with Gasteiger partial charge in [-0.3, -0.25) is 0 Å². The largest absolute Gasteiger partial charge is 0.489 e. The highest BCUT2D eigenvalue weighted by Gasteiger charge is 2.08. The summed E-state index contributed by atoms with van der Waals surface area (Å²) >= 11 is 0. The van der Waals surface area contributed by atoms with Crippen molar-refractivity contribution in [3.05, 3.63) is 35.9 Å². The van der Waals surface area contributed by atoms with Crippen LogP contribution in [0.15, 0.2) is 30.3 Å². The summed E-state index contributed by atoms with van der Waals surface area (Å²) in [6.07, 6.45) is 1.88. The first-order valence-electron chi connectivity index (χ1n) is 3.56. The first-order valence-corrected chi connectivity index (χ1v) is 3.56. The molecule has 1 aromatic carbocycles. The molecule has 0 aromatic heterocycles. The number of para-hydroxylation sites is 1. The van der Waals surface area contributed by atoms with Gasteiger partial charge in [0.2, 0.25) is 0 Å². The van der Waals surface area contributed by atoms with Gasteiger partial charge in [-0.25, -0.2) is 0 Å². The summed E-state index contributed by atoms with van der Waals surface area (Å²) in [4.78, 5) is 0. The van der Waals surface area contributed by atoms with Crippen molar-refractivity contribution >= 4 is 5.70 Å². The molecule has 0 atom stereocenters. The molecule has 1 aliphatic rings. The number of hydrogen-bond acceptors (Lipinski definition) is 2. The fourth-order valence-electron chi connectivity index (χ4n) is 1.16. The monoisotopic (exact) mass is 147 g/mol.